The van der Waals surface area contributed by atoms with Gasteiger partial charge in [0.25, 0.3) is 0 Å². The lowest BCUT2D eigenvalue weighted by Gasteiger charge is -2.28. The van der Waals surface area contributed by atoms with Gasteiger partial charge in [0.1, 0.15) is 0 Å². The van der Waals surface area contributed by atoms with Crippen LogP contribution in [0.4, 0.5) is 17.1 Å². The van der Waals surface area contributed by atoms with Gasteiger partial charge in [0, 0.05) is 50.0 Å². The summed E-state index contributed by atoms with van der Waals surface area (Å²) in [5.41, 5.74) is 4.97. The maximum atomic E-state index is 12.5. The number of nitrogens with zero attached hydrogens (tertiary/aromatic N) is 2. The summed E-state index contributed by atoms with van der Waals surface area (Å²) < 4.78 is 0. The predicted octanol–water partition coefficient (Wildman–Crippen LogP) is 4.68. The van der Waals surface area contributed by atoms with E-state index in [2.05, 4.69) is 22.3 Å². The van der Waals surface area contributed by atoms with Gasteiger partial charge in [-0.15, -0.1) is 0 Å². The van der Waals surface area contributed by atoms with Gasteiger partial charge < -0.3 is 15.1 Å². The molecule has 1 aliphatic rings. The molecule has 5 nitrogen and oxygen atoms in total. The monoisotopic (exact) mass is 393 g/mol. The van der Waals surface area contributed by atoms with E-state index in [4.69, 9.17) is 0 Å². The van der Waals surface area contributed by atoms with Crippen LogP contribution in [0.3, 0.4) is 0 Å². The molecule has 29 heavy (non-hydrogen) atoms. The number of rotatable bonds is 6. The van der Waals surface area contributed by atoms with Crippen LogP contribution in [0, 0.1) is 13.8 Å². The minimum Gasteiger partial charge on any atom is -0.372 e. The normalized spacial score (nSPS) is 13.8. The number of para-hydroxylation sites is 1. The van der Waals surface area contributed by atoms with Crippen molar-refractivity contribution in [1.29, 1.82) is 0 Å². The Morgan fingerprint density at radius 1 is 0.966 bits per heavy atom. The lowest BCUT2D eigenvalue weighted by molar-refractivity contribution is -0.117. The molecule has 2 aromatic carbocycles. The summed E-state index contributed by atoms with van der Waals surface area (Å²) in [5.74, 6) is -0.144. The van der Waals surface area contributed by atoms with Crippen LogP contribution in [0.5, 0.6) is 0 Å². The van der Waals surface area contributed by atoms with Gasteiger partial charge in [0.2, 0.25) is 11.8 Å². The summed E-state index contributed by atoms with van der Waals surface area (Å²) in [4.78, 5) is 28.8. The van der Waals surface area contributed by atoms with Crippen molar-refractivity contribution in [3.05, 3.63) is 53.6 Å². The van der Waals surface area contributed by atoms with E-state index in [9.17, 15) is 9.59 Å². The molecule has 154 valence electrons. The summed E-state index contributed by atoms with van der Waals surface area (Å²) in [5, 5.41) is 2.95. The molecule has 1 fully saturated rings. The van der Waals surface area contributed by atoms with E-state index in [0.717, 1.165) is 35.6 Å². The number of piperidine rings is 1. The third kappa shape index (κ3) is 5.37. The third-order valence-corrected chi connectivity index (χ3v) is 5.52. The van der Waals surface area contributed by atoms with Crippen molar-refractivity contribution in [3.8, 4) is 0 Å². The summed E-state index contributed by atoms with van der Waals surface area (Å²) in [7, 11) is 0. The SMILES string of the molecule is CC(=O)N(CCC(=O)Nc1ccc(N2CCCCC2)cc1)c1c(C)cccc1C. The van der Waals surface area contributed by atoms with Crippen molar-refractivity contribution in [3.63, 3.8) is 0 Å². The Bertz CT molecular complexity index is 835. The fourth-order valence-electron chi connectivity index (χ4n) is 4.00. The number of nitrogens with one attached hydrogen (secondary N) is 1. The minimum atomic E-state index is -0.0896. The van der Waals surface area contributed by atoms with Crippen LogP contribution in [0.15, 0.2) is 42.5 Å². The molecule has 0 saturated carbocycles. The first-order valence-electron chi connectivity index (χ1n) is 10.4. The van der Waals surface area contributed by atoms with Crippen LogP contribution >= 0.6 is 0 Å². The van der Waals surface area contributed by atoms with Gasteiger partial charge in [0.15, 0.2) is 0 Å². The topological polar surface area (TPSA) is 52.7 Å². The van der Waals surface area contributed by atoms with Crippen LogP contribution < -0.4 is 15.1 Å². The van der Waals surface area contributed by atoms with E-state index >= 15 is 0 Å². The van der Waals surface area contributed by atoms with Gasteiger partial charge in [-0.3, -0.25) is 9.59 Å². The largest absolute Gasteiger partial charge is 0.372 e. The minimum absolute atomic E-state index is 0.0546. The third-order valence-electron chi connectivity index (χ3n) is 5.52. The number of anilines is 3. The van der Waals surface area contributed by atoms with E-state index in [0.29, 0.717) is 6.54 Å². The smallest absolute Gasteiger partial charge is 0.226 e. The summed E-state index contributed by atoms with van der Waals surface area (Å²) in [6, 6.07) is 14.0. The van der Waals surface area contributed by atoms with Gasteiger partial charge >= 0.3 is 0 Å². The van der Waals surface area contributed by atoms with Gasteiger partial charge in [-0.2, -0.15) is 0 Å². The molecule has 0 atom stereocenters. The molecule has 0 bridgehead atoms. The Morgan fingerprint density at radius 3 is 2.17 bits per heavy atom. The van der Waals surface area contributed by atoms with E-state index < -0.39 is 0 Å². The highest BCUT2D eigenvalue weighted by Crippen LogP contribution is 2.25. The van der Waals surface area contributed by atoms with Crippen LogP contribution in [-0.4, -0.2) is 31.4 Å². The number of carbonyl (C=O) groups is 2. The van der Waals surface area contributed by atoms with Crippen LogP contribution in [-0.2, 0) is 9.59 Å². The fourth-order valence-corrected chi connectivity index (χ4v) is 4.00. The number of carbonyl (C=O) groups excluding carboxylic acids is 2. The Kier molecular flexibility index (Phi) is 6.91. The quantitative estimate of drug-likeness (QED) is 0.776. The number of hydrogen-bond acceptors (Lipinski definition) is 3. The van der Waals surface area contributed by atoms with Crippen LogP contribution in [0.2, 0.25) is 0 Å². The summed E-state index contributed by atoms with van der Waals surface area (Å²) >= 11 is 0. The average Bonchev–Trinajstić information content (AvgIpc) is 2.71. The van der Waals surface area contributed by atoms with Crippen molar-refractivity contribution >= 4 is 28.9 Å². The second-order valence-corrected chi connectivity index (χ2v) is 7.80. The second kappa shape index (κ2) is 9.59. The van der Waals surface area contributed by atoms with Gasteiger partial charge in [0.05, 0.1) is 0 Å². The molecular weight excluding hydrogens is 362 g/mol. The molecule has 0 radical (unpaired) electrons. The van der Waals surface area contributed by atoms with Crippen molar-refractivity contribution < 1.29 is 9.59 Å². The summed E-state index contributed by atoms with van der Waals surface area (Å²) in [6.07, 6.45) is 4.04. The lowest BCUT2D eigenvalue weighted by atomic mass is 10.1. The van der Waals surface area contributed by atoms with E-state index in [1.165, 1.54) is 24.9 Å². The Labute approximate surface area is 173 Å². The molecule has 2 amide bonds. The standard InChI is InChI=1S/C24H31N3O2/c1-18-8-7-9-19(2)24(18)27(20(3)28)17-14-23(29)25-21-10-12-22(13-11-21)26-15-5-4-6-16-26/h7-13H,4-6,14-17H2,1-3H3,(H,25,29). The molecule has 2 aromatic rings. The van der Waals surface area contributed by atoms with Crippen LogP contribution in [0.25, 0.3) is 0 Å². The van der Waals surface area contributed by atoms with E-state index in [1.807, 2.05) is 44.2 Å². The zero-order chi connectivity index (χ0) is 20.8. The first kappa shape index (κ1) is 20.9. The number of hydrogen-bond donors (Lipinski definition) is 1. The molecular formula is C24H31N3O2. The Balaban J connectivity index is 1.59. The molecule has 1 heterocycles. The van der Waals surface area contributed by atoms with Crippen LogP contribution in [0.1, 0.15) is 43.7 Å². The first-order valence-corrected chi connectivity index (χ1v) is 10.4. The molecule has 0 unspecified atom stereocenters. The molecule has 0 aliphatic carbocycles. The van der Waals surface area contributed by atoms with Crippen molar-refractivity contribution in [2.24, 2.45) is 0 Å². The van der Waals surface area contributed by atoms with E-state index in [-0.39, 0.29) is 18.2 Å². The lowest BCUT2D eigenvalue weighted by Crippen LogP contribution is -2.33. The van der Waals surface area contributed by atoms with Gasteiger partial charge in [-0.25, -0.2) is 0 Å². The molecule has 0 aromatic heterocycles. The van der Waals surface area contributed by atoms with Crippen molar-refractivity contribution in [2.45, 2.75) is 46.5 Å². The molecule has 1 saturated heterocycles. The molecule has 0 spiro atoms. The molecule has 1 aliphatic heterocycles. The maximum absolute atomic E-state index is 12.5. The Morgan fingerprint density at radius 2 is 1.59 bits per heavy atom. The number of amides is 2. The fraction of sp³-hybridized carbons (Fsp3) is 0.417. The zero-order valence-electron chi connectivity index (χ0n) is 17.7. The highest BCUT2D eigenvalue weighted by atomic mass is 16.2. The van der Waals surface area contributed by atoms with E-state index in [1.54, 1.807) is 11.8 Å². The van der Waals surface area contributed by atoms with Gasteiger partial charge in [-0.1, -0.05) is 18.2 Å². The maximum Gasteiger partial charge on any atom is 0.226 e. The van der Waals surface area contributed by atoms with Crippen molar-refractivity contribution in [1.82, 2.24) is 0 Å². The Hall–Kier alpha value is -2.82. The second-order valence-electron chi connectivity index (χ2n) is 7.80. The molecule has 3 rings (SSSR count). The van der Waals surface area contributed by atoms with Crippen molar-refractivity contribution in [2.75, 3.05) is 34.8 Å². The number of benzene rings is 2. The summed E-state index contributed by atoms with van der Waals surface area (Å²) in [6.45, 7) is 8.09. The average molecular weight is 394 g/mol. The highest BCUT2D eigenvalue weighted by Gasteiger charge is 2.17. The number of aryl methyl sites for hydroxylation is 2. The first-order chi connectivity index (χ1) is 14.0. The van der Waals surface area contributed by atoms with Gasteiger partial charge in [-0.05, 0) is 68.5 Å². The zero-order valence-corrected chi connectivity index (χ0v) is 17.7. The molecule has 1 N–H and O–H groups in total. The predicted molar refractivity (Wildman–Crippen MR) is 120 cm³/mol. The highest BCUT2D eigenvalue weighted by molar-refractivity contribution is 5.95. The molecule has 5 heteroatoms.